The second-order valence-corrected chi connectivity index (χ2v) is 7.45. The molecule has 169 valence electrons. The fourth-order valence-electron chi connectivity index (χ4n) is 3.62. The maximum Gasteiger partial charge on any atom is 1.00 e. The fourth-order valence-corrected chi connectivity index (χ4v) is 3.62. The van der Waals surface area contributed by atoms with Crippen LogP contribution in [0.4, 0.5) is 17.6 Å². The number of rotatable bonds is 2. The molecule has 2 aliphatic rings. The normalized spacial score (nSPS) is 21.1. The van der Waals surface area contributed by atoms with E-state index in [-0.39, 0.29) is 51.5 Å². The molecule has 2 heterocycles. The second-order valence-electron chi connectivity index (χ2n) is 7.45. The van der Waals surface area contributed by atoms with Crippen molar-refractivity contribution in [2.24, 2.45) is 4.99 Å². The van der Waals surface area contributed by atoms with E-state index in [1.165, 1.54) is 24.3 Å². The van der Waals surface area contributed by atoms with E-state index in [0.29, 0.717) is 17.2 Å². The molecule has 0 saturated carbocycles. The Morgan fingerprint density at radius 2 is 1.50 bits per heavy atom. The first kappa shape index (κ1) is 30.8. The summed E-state index contributed by atoms with van der Waals surface area (Å²) in [5.74, 6) is -2.02. The quantitative estimate of drug-likeness (QED) is 0.534. The van der Waals surface area contributed by atoms with Crippen LogP contribution in [-0.2, 0) is 0 Å². The number of aliphatic imine (C=N–C) groups is 1. The number of benzene rings is 2. The van der Waals surface area contributed by atoms with E-state index in [0.717, 1.165) is 50.6 Å². The third kappa shape index (κ3) is 8.63. The number of hydrogen-bond acceptors (Lipinski definition) is 3. The zero-order chi connectivity index (χ0) is 22.3. The molecule has 0 bridgehead atoms. The van der Waals surface area contributed by atoms with Gasteiger partial charge in [-0.25, -0.2) is 17.6 Å². The fraction of sp³-hybridized carbons (Fsp3) is 0.435. The number of aliphatic hydroxyl groups excluding tert-OH is 1. The van der Waals surface area contributed by atoms with Gasteiger partial charge in [-0.2, -0.15) is 0 Å². The van der Waals surface area contributed by atoms with Crippen LogP contribution in [0.3, 0.4) is 0 Å². The van der Waals surface area contributed by atoms with Gasteiger partial charge >= 0.3 is 29.6 Å². The number of nitrogens with zero attached hydrogens (tertiary/aromatic N) is 1. The van der Waals surface area contributed by atoms with Crippen molar-refractivity contribution in [3.05, 3.63) is 70.8 Å². The molecule has 3 atom stereocenters. The van der Waals surface area contributed by atoms with Crippen molar-refractivity contribution in [1.82, 2.24) is 5.32 Å². The summed E-state index contributed by atoms with van der Waals surface area (Å²) >= 11 is 0. The largest absolute Gasteiger partial charge is 1.00 e. The van der Waals surface area contributed by atoms with Crippen molar-refractivity contribution >= 4 is 14.1 Å². The Morgan fingerprint density at radius 1 is 0.906 bits per heavy atom. The molecule has 1 saturated heterocycles. The summed E-state index contributed by atoms with van der Waals surface area (Å²) in [5.41, 5.74) is 1.78. The molecule has 2 aromatic carbocycles. The second kappa shape index (κ2) is 14.9. The molecule has 0 amide bonds. The third-order valence-electron chi connectivity index (χ3n) is 5.13. The minimum atomic E-state index is -0.544. The summed E-state index contributed by atoms with van der Waals surface area (Å²) in [6, 6.07) is 8.14. The first-order chi connectivity index (χ1) is 14.3. The van der Waals surface area contributed by atoms with Crippen molar-refractivity contribution in [3.63, 3.8) is 0 Å². The maximum atomic E-state index is 13.3. The Labute approximate surface area is 213 Å². The summed E-state index contributed by atoms with van der Waals surface area (Å²) in [6.45, 7) is 4.07. The molecular weight excluding hydrogens is 430 g/mol. The van der Waals surface area contributed by atoms with Crippen LogP contribution in [0.2, 0.25) is 0 Å². The molecule has 2 aromatic rings. The molecule has 2 N–H and O–H groups in total. The number of nitrogens with one attached hydrogen (secondary N) is 1. The molecule has 9 heteroatoms. The van der Waals surface area contributed by atoms with E-state index >= 15 is 0 Å². The molecule has 1 fully saturated rings. The standard InChI is InChI=1S/C11H13F2N.C11H11F2N.CH4O.B.Na.H/c2*1-7-2-5-11(14-7)9-4-3-8(12)6-10(9)13;1-2;;;/h3-4,6-7,11,14H,2,5H2,1H3;3-4,6-7H,2,5H2,1H3;2H,1H3;;;/q;;;;+1;-1/t7-,11?;7-;;;;/m00..../s1. The zero-order valence-corrected chi connectivity index (χ0v) is 21.0. The molecule has 0 aliphatic carbocycles. The summed E-state index contributed by atoms with van der Waals surface area (Å²) in [5, 5.41) is 10.3. The van der Waals surface area contributed by atoms with Crippen LogP contribution in [0.25, 0.3) is 0 Å². The number of aliphatic hydroxyl groups is 1. The maximum absolute atomic E-state index is 13.3. The number of hydrogen-bond donors (Lipinski definition) is 2. The summed E-state index contributed by atoms with van der Waals surface area (Å²) in [6.07, 6.45) is 3.70. The molecule has 3 nitrogen and oxygen atoms in total. The van der Waals surface area contributed by atoms with Crippen LogP contribution in [0, 0.1) is 23.3 Å². The molecule has 4 rings (SSSR count). The molecule has 0 aromatic heterocycles. The number of halogens is 4. The van der Waals surface area contributed by atoms with Crippen molar-refractivity contribution < 1.29 is 53.7 Å². The molecule has 3 radical (unpaired) electrons. The third-order valence-corrected chi connectivity index (χ3v) is 5.13. The van der Waals surface area contributed by atoms with E-state index in [9.17, 15) is 17.6 Å². The Hall–Kier alpha value is -1.19. The smallest absolute Gasteiger partial charge is 1.00 e. The van der Waals surface area contributed by atoms with Crippen LogP contribution in [0.1, 0.15) is 58.1 Å². The summed E-state index contributed by atoms with van der Waals surface area (Å²) in [4.78, 5) is 4.30. The molecule has 1 unspecified atom stereocenters. The van der Waals surface area contributed by atoms with Crippen LogP contribution in [0.5, 0.6) is 0 Å². The summed E-state index contributed by atoms with van der Waals surface area (Å²) in [7, 11) is 1.00. The van der Waals surface area contributed by atoms with Crippen LogP contribution in [-0.4, -0.2) is 38.4 Å². The van der Waals surface area contributed by atoms with Gasteiger partial charge in [-0.3, -0.25) is 4.99 Å². The van der Waals surface area contributed by atoms with Crippen molar-refractivity contribution in [1.29, 1.82) is 0 Å². The van der Waals surface area contributed by atoms with Gasteiger partial charge in [0.15, 0.2) is 0 Å². The van der Waals surface area contributed by atoms with Crippen molar-refractivity contribution in [3.8, 4) is 0 Å². The van der Waals surface area contributed by atoms with Gasteiger partial charge in [0.25, 0.3) is 0 Å². The Morgan fingerprint density at radius 3 is 1.97 bits per heavy atom. The predicted octanol–water partition coefficient (Wildman–Crippen LogP) is 2.06. The Balaban J connectivity index is 0. The van der Waals surface area contributed by atoms with Gasteiger partial charge in [-0.15, -0.1) is 0 Å². The first-order valence-corrected chi connectivity index (χ1v) is 10.0. The van der Waals surface area contributed by atoms with Crippen molar-refractivity contribution in [2.75, 3.05) is 7.11 Å². The van der Waals surface area contributed by atoms with E-state index in [1.54, 1.807) is 0 Å². The predicted molar refractivity (Wildman–Crippen MR) is 118 cm³/mol. The van der Waals surface area contributed by atoms with E-state index in [2.05, 4.69) is 17.2 Å². The SMILES string of the molecule is CO.C[C@H]1CCC(c2ccc(F)cc2F)=N1.C[C@H]1CCC(c2ccc(F)cc2F)N1.[B].[H-].[Na+]. The molecular formula is C23H29BF4N2NaO. The van der Waals surface area contributed by atoms with Gasteiger partial charge in [-0.05, 0) is 57.7 Å². The van der Waals surface area contributed by atoms with Crippen LogP contribution >= 0.6 is 0 Å². The minimum Gasteiger partial charge on any atom is -1.00 e. The van der Waals surface area contributed by atoms with Crippen LogP contribution in [0.15, 0.2) is 41.4 Å². The van der Waals surface area contributed by atoms with Crippen LogP contribution < -0.4 is 34.9 Å². The van der Waals surface area contributed by atoms with Crippen molar-refractivity contribution in [2.45, 2.75) is 57.7 Å². The average molecular weight is 459 g/mol. The topological polar surface area (TPSA) is 44.6 Å². The monoisotopic (exact) mass is 459 g/mol. The first-order valence-electron chi connectivity index (χ1n) is 10.0. The average Bonchev–Trinajstić information content (AvgIpc) is 3.32. The van der Waals surface area contributed by atoms with E-state index < -0.39 is 23.3 Å². The van der Waals surface area contributed by atoms with Gasteiger partial charge in [-0.1, -0.05) is 6.07 Å². The van der Waals surface area contributed by atoms with E-state index in [1.807, 2.05) is 6.92 Å². The van der Waals surface area contributed by atoms with Gasteiger partial charge in [0.1, 0.15) is 23.3 Å². The van der Waals surface area contributed by atoms with Gasteiger partial charge in [0.2, 0.25) is 0 Å². The summed E-state index contributed by atoms with van der Waals surface area (Å²) < 4.78 is 51.9. The molecule has 0 spiro atoms. The molecule has 2 aliphatic heterocycles. The Bertz CT molecular complexity index is 892. The van der Waals surface area contributed by atoms with Gasteiger partial charge < -0.3 is 11.8 Å². The van der Waals surface area contributed by atoms with Gasteiger partial charge in [0.05, 0.1) is 0 Å². The Kier molecular flexibility index (Phi) is 14.3. The minimum absolute atomic E-state index is 0. The van der Waals surface area contributed by atoms with E-state index in [4.69, 9.17) is 5.11 Å². The zero-order valence-electron chi connectivity index (χ0n) is 20.0. The van der Waals surface area contributed by atoms with Gasteiger partial charge in [0, 0.05) is 62.6 Å². The molecule has 32 heavy (non-hydrogen) atoms.